The second-order valence-electron chi connectivity index (χ2n) is 8.85. The van der Waals surface area contributed by atoms with Gasteiger partial charge in [-0.05, 0) is 44.1 Å². The van der Waals surface area contributed by atoms with Gasteiger partial charge in [-0.1, -0.05) is 20.8 Å². The van der Waals surface area contributed by atoms with E-state index in [0.29, 0.717) is 17.9 Å². The lowest BCUT2D eigenvalue weighted by atomic mass is 9.83. The van der Waals surface area contributed by atoms with E-state index in [-0.39, 0.29) is 29.7 Å². The molecule has 1 aromatic heterocycles. The number of aliphatic hydroxyl groups excluding tert-OH is 1. The van der Waals surface area contributed by atoms with Crippen molar-refractivity contribution in [2.24, 2.45) is 11.3 Å². The van der Waals surface area contributed by atoms with Gasteiger partial charge in [-0.15, -0.1) is 0 Å². The standard InChI is InChI=1S/C19H31N3O4/c1-12-5-6-21(11-19(3,4)8-12)15-7-14(10-23)26-17(15)22-9-13(2)16(24)20-18(22)25/h9,12,14-15,17,23H,5-8,10-11H2,1-4H3,(H,20,24,25)/t12?,14-,15?,17+/m0/s1. The first kappa shape index (κ1) is 19.3. The Kier molecular flexibility index (Phi) is 5.42. The molecular formula is C19H31N3O4. The third-order valence-electron chi connectivity index (χ3n) is 5.70. The topological polar surface area (TPSA) is 87.6 Å². The van der Waals surface area contributed by atoms with E-state index in [2.05, 4.69) is 30.7 Å². The summed E-state index contributed by atoms with van der Waals surface area (Å²) in [7, 11) is 0. The van der Waals surface area contributed by atoms with Crippen molar-refractivity contribution in [1.29, 1.82) is 0 Å². The van der Waals surface area contributed by atoms with Gasteiger partial charge in [-0.25, -0.2) is 4.79 Å². The summed E-state index contributed by atoms with van der Waals surface area (Å²) in [5.74, 6) is 0.655. The van der Waals surface area contributed by atoms with Crippen LogP contribution in [0.5, 0.6) is 0 Å². The number of hydrogen-bond acceptors (Lipinski definition) is 5. The van der Waals surface area contributed by atoms with Crippen molar-refractivity contribution < 1.29 is 9.84 Å². The first-order valence-electron chi connectivity index (χ1n) is 9.52. The Balaban J connectivity index is 1.95. The quantitative estimate of drug-likeness (QED) is 0.842. The van der Waals surface area contributed by atoms with Crippen LogP contribution in [0.4, 0.5) is 0 Å². The van der Waals surface area contributed by atoms with Crippen LogP contribution < -0.4 is 11.2 Å². The summed E-state index contributed by atoms with van der Waals surface area (Å²) in [6, 6.07) is -0.000253. The molecule has 26 heavy (non-hydrogen) atoms. The Morgan fingerprint density at radius 1 is 1.38 bits per heavy atom. The summed E-state index contributed by atoms with van der Waals surface area (Å²) < 4.78 is 7.51. The molecule has 7 heteroatoms. The molecular weight excluding hydrogens is 334 g/mol. The number of aryl methyl sites for hydroxylation is 1. The first-order chi connectivity index (χ1) is 12.2. The monoisotopic (exact) mass is 365 g/mol. The number of ether oxygens (including phenoxy) is 1. The fraction of sp³-hybridized carbons (Fsp3) is 0.789. The minimum Gasteiger partial charge on any atom is -0.394 e. The SMILES string of the molecule is Cc1cn([C@@H]2O[C@H](CO)CC2N2CCC(C)CC(C)(C)C2)c(=O)[nH]c1=O. The van der Waals surface area contributed by atoms with E-state index in [9.17, 15) is 14.7 Å². The second kappa shape index (κ2) is 7.29. The van der Waals surface area contributed by atoms with Crippen LogP contribution in [0.25, 0.3) is 0 Å². The Bertz CT molecular complexity index is 754. The highest BCUT2D eigenvalue weighted by Gasteiger charge is 2.42. The molecule has 2 aliphatic rings. The van der Waals surface area contributed by atoms with E-state index in [1.165, 1.54) is 11.0 Å². The molecule has 0 amide bonds. The fourth-order valence-corrected chi connectivity index (χ4v) is 4.61. The van der Waals surface area contributed by atoms with Crippen LogP contribution >= 0.6 is 0 Å². The lowest BCUT2D eigenvalue weighted by molar-refractivity contribution is -0.0460. The number of nitrogens with one attached hydrogen (secondary N) is 1. The van der Waals surface area contributed by atoms with Crippen LogP contribution in [0.2, 0.25) is 0 Å². The summed E-state index contributed by atoms with van der Waals surface area (Å²) in [5, 5.41) is 9.63. The maximum atomic E-state index is 12.4. The fourth-order valence-electron chi connectivity index (χ4n) is 4.61. The third kappa shape index (κ3) is 3.94. The Morgan fingerprint density at radius 2 is 2.12 bits per heavy atom. The number of aromatic amines is 1. The highest BCUT2D eigenvalue weighted by Crippen LogP contribution is 2.38. The highest BCUT2D eigenvalue weighted by molar-refractivity contribution is 5.03. The Labute approximate surface area is 154 Å². The largest absolute Gasteiger partial charge is 0.394 e. The zero-order chi connectivity index (χ0) is 19.1. The van der Waals surface area contributed by atoms with Crippen molar-refractivity contribution in [2.45, 2.75) is 65.3 Å². The minimum atomic E-state index is -0.501. The summed E-state index contributed by atoms with van der Waals surface area (Å²) in [5.41, 5.74) is -0.172. The normalized spacial score (nSPS) is 32.5. The molecule has 3 rings (SSSR count). The van der Waals surface area contributed by atoms with E-state index in [0.717, 1.165) is 19.5 Å². The lowest BCUT2D eigenvalue weighted by Crippen LogP contribution is -2.46. The number of aliphatic hydroxyl groups is 1. The van der Waals surface area contributed by atoms with Gasteiger partial charge in [0.25, 0.3) is 5.56 Å². The molecule has 2 saturated heterocycles. The zero-order valence-corrected chi connectivity index (χ0v) is 16.2. The van der Waals surface area contributed by atoms with Crippen molar-refractivity contribution in [1.82, 2.24) is 14.5 Å². The van der Waals surface area contributed by atoms with Gasteiger partial charge in [0, 0.05) is 18.3 Å². The minimum absolute atomic E-state index is 0.000253. The molecule has 0 bridgehead atoms. The summed E-state index contributed by atoms with van der Waals surface area (Å²) in [6.45, 7) is 10.3. The number of aromatic nitrogens is 2. The molecule has 2 N–H and O–H groups in total. The molecule has 0 radical (unpaired) electrons. The highest BCUT2D eigenvalue weighted by atomic mass is 16.5. The molecule has 0 saturated carbocycles. The average molecular weight is 365 g/mol. The van der Waals surface area contributed by atoms with Gasteiger partial charge in [0.2, 0.25) is 0 Å². The van der Waals surface area contributed by atoms with Gasteiger partial charge >= 0.3 is 5.69 Å². The first-order valence-corrected chi connectivity index (χ1v) is 9.52. The van der Waals surface area contributed by atoms with Crippen molar-refractivity contribution in [3.05, 3.63) is 32.6 Å². The van der Waals surface area contributed by atoms with Crippen molar-refractivity contribution >= 4 is 0 Å². The van der Waals surface area contributed by atoms with E-state index in [4.69, 9.17) is 4.74 Å². The predicted octanol–water partition coefficient (Wildman–Crippen LogP) is 1.25. The molecule has 0 aliphatic carbocycles. The molecule has 0 spiro atoms. The van der Waals surface area contributed by atoms with E-state index >= 15 is 0 Å². The molecule has 0 aromatic carbocycles. The summed E-state index contributed by atoms with van der Waals surface area (Å²) >= 11 is 0. The Hall–Kier alpha value is -1.44. The molecule has 146 valence electrons. The number of likely N-dealkylation sites (tertiary alicyclic amines) is 1. The van der Waals surface area contributed by atoms with Crippen LogP contribution in [0.15, 0.2) is 15.8 Å². The zero-order valence-electron chi connectivity index (χ0n) is 16.2. The number of rotatable bonds is 3. The van der Waals surface area contributed by atoms with Gasteiger partial charge in [0.05, 0.1) is 18.8 Å². The van der Waals surface area contributed by atoms with Gasteiger partial charge in [-0.3, -0.25) is 19.2 Å². The third-order valence-corrected chi connectivity index (χ3v) is 5.70. The molecule has 1 aromatic rings. The van der Waals surface area contributed by atoms with Crippen molar-refractivity contribution in [3.8, 4) is 0 Å². The maximum Gasteiger partial charge on any atom is 0.330 e. The number of nitrogens with zero attached hydrogens (tertiary/aromatic N) is 2. The van der Waals surface area contributed by atoms with Crippen molar-refractivity contribution in [3.63, 3.8) is 0 Å². The van der Waals surface area contributed by atoms with Crippen LogP contribution in [0.3, 0.4) is 0 Å². The van der Waals surface area contributed by atoms with Crippen LogP contribution in [0, 0.1) is 18.3 Å². The van der Waals surface area contributed by atoms with Gasteiger partial charge in [0.15, 0.2) is 6.23 Å². The number of hydrogen-bond donors (Lipinski definition) is 2. The molecule has 2 aliphatic heterocycles. The van der Waals surface area contributed by atoms with Gasteiger partial charge < -0.3 is 9.84 Å². The van der Waals surface area contributed by atoms with Crippen LogP contribution in [-0.4, -0.2) is 51.4 Å². The summed E-state index contributed by atoms with van der Waals surface area (Å²) in [6.07, 6.45) is 3.73. The molecule has 4 atom stereocenters. The van der Waals surface area contributed by atoms with E-state index in [1.807, 2.05) is 0 Å². The maximum absolute atomic E-state index is 12.4. The smallest absolute Gasteiger partial charge is 0.330 e. The second-order valence-corrected chi connectivity index (χ2v) is 8.85. The molecule has 3 heterocycles. The molecule has 2 fully saturated rings. The van der Waals surface area contributed by atoms with Gasteiger partial charge in [0.1, 0.15) is 0 Å². The predicted molar refractivity (Wildman–Crippen MR) is 99.2 cm³/mol. The molecule has 7 nitrogen and oxygen atoms in total. The molecule has 2 unspecified atom stereocenters. The average Bonchev–Trinajstić information content (AvgIpc) is 2.92. The van der Waals surface area contributed by atoms with Gasteiger partial charge in [-0.2, -0.15) is 0 Å². The summed E-state index contributed by atoms with van der Waals surface area (Å²) in [4.78, 5) is 28.9. The van der Waals surface area contributed by atoms with Crippen LogP contribution in [0.1, 0.15) is 51.8 Å². The van der Waals surface area contributed by atoms with Crippen LogP contribution in [-0.2, 0) is 4.74 Å². The number of H-pyrrole nitrogens is 1. The van der Waals surface area contributed by atoms with E-state index in [1.54, 1.807) is 13.1 Å². The van der Waals surface area contributed by atoms with E-state index < -0.39 is 11.9 Å². The lowest BCUT2D eigenvalue weighted by Gasteiger charge is -2.36. The Morgan fingerprint density at radius 3 is 2.81 bits per heavy atom. The van der Waals surface area contributed by atoms with Crippen molar-refractivity contribution in [2.75, 3.05) is 19.7 Å².